The van der Waals surface area contributed by atoms with Crippen molar-refractivity contribution in [3.63, 3.8) is 0 Å². The van der Waals surface area contributed by atoms with Crippen molar-refractivity contribution in [1.29, 1.82) is 0 Å². The molecule has 15 heavy (non-hydrogen) atoms. The topological polar surface area (TPSA) is 25.2 Å². The van der Waals surface area contributed by atoms with E-state index in [0.29, 0.717) is 0 Å². The summed E-state index contributed by atoms with van der Waals surface area (Å²) in [5.41, 5.74) is 2.14. The number of halogens is 1. The fourth-order valence-electron chi connectivity index (χ4n) is 1.66. The molecule has 2 rings (SSSR count). The van der Waals surface area contributed by atoms with E-state index in [4.69, 9.17) is 4.42 Å². The highest BCUT2D eigenvalue weighted by Crippen LogP contribution is 2.29. The summed E-state index contributed by atoms with van der Waals surface area (Å²) >= 11 is 3.49. The first-order chi connectivity index (χ1) is 7.11. The molecule has 0 aliphatic heterocycles. The Morgan fingerprint density at radius 1 is 1.33 bits per heavy atom. The van der Waals surface area contributed by atoms with Gasteiger partial charge < -0.3 is 9.73 Å². The first kappa shape index (κ1) is 10.7. The van der Waals surface area contributed by atoms with E-state index < -0.39 is 0 Å². The van der Waals surface area contributed by atoms with Gasteiger partial charge in [0.2, 0.25) is 0 Å². The van der Waals surface area contributed by atoms with Crippen LogP contribution in [0, 0.1) is 6.92 Å². The predicted molar refractivity (Wildman–Crippen MR) is 66.1 cm³/mol. The van der Waals surface area contributed by atoms with Crippen LogP contribution >= 0.6 is 15.9 Å². The van der Waals surface area contributed by atoms with Crippen molar-refractivity contribution >= 4 is 26.9 Å². The van der Waals surface area contributed by atoms with E-state index in [1.165, 1.54) is 0 Å². The van der Waals surface area contributed by atoms with Gasteiger partial charge in [-0.2, -0.15) is 0 Å². The molecule has 0 radical (unpaired) electrons. The third-order valence-corrected chi connectivity index (χ3v) is 3.10. The summed E-state index contributed by atoms with van der Waals surface area (Å²) in [4.78, 5) is 0. The molecular formula is C12H14BrNO. The lowest BCUT2D eigenvalue weighted by atomic mass is 10.1. The van der Waals surface area contributed by atoms with Crippen molar-refractivity contribution in [2.45, 2.75) is 19.9 Å². The second kappa shape index (κ2) is 3.99. The van der Waals surface area contributed by atoms with Gasteiger partial charge in [0.1, 0.15) is 11.3 Å². The molecule has 0 aliphatic rings. The van der Waals surface area contributed by atoms with Crippen molar-refractivity contribution in [1.82, 2.24) is 5.32 Å². The first-order valence-electron chi connectivity index (χ1n) is 4.98. The van der Waals surface area contributed by atoms with Gasteiger partial charge in [-0.05, 0) is 44.7 Å². The molecule has 3 heteroatoms. The van der Waals surface area contributed by atoms with E-state index in [0.717, 1.165) is 26.8 Å². The number of nitrogens with one attached hydrogen (secondary N) is 1. The van der Waals surface area contributed by atoms with Crippen LogP contribution in [0.3, 0.4) is 0 Å². The van der Waals surface area contributed by atoms with Gasteiger partial charge in [-0.25, -0.2) is 0 Å². The Labute approximate surface area is 97.8 Å². The molecule has 0 saturated heterocycles. The Bertz CT molecular complexity index is 490. The maximum absolute atomic E-state index is 5.82. The van der Waals surface area contributed by atoms with Gasteiger partial charge in [0, 0.05) is 9.86 Å². The van der Waals surface area contributed by atoms with E-state index in [2.05, 4.69) is 53.3 Å². The highest BCUT2D eigenvalue weighted by atomic mass is 79.9. The van der Waals surface area contributed by atoms with Crippen LogP contribution in [0.25, 0.3) is 11.0 Å². The van der Waals surface area contributed by atoms with E-state index in [1.807, 2.05) is 7.05 Å². The molecule has 1 aromatic heterocycles. The van der Waals surface area contributed by atoms with Crippen LogP contribution in [-0.4, -0.2) is 7.05 Å². The standard InChI is InChI=1S/C12H14BrNO/c1-7-4-10(13)5-9-6-11(8(2)14-3)15-12(7)9/h4-6,8,14H,1-3H3. The zero-order valence-electron chi connectivity index (χ0n) is 9.10. The maximum Gasteiger partial charge on any atom is 0.137 e. The molecule has 1 aromatic carbocycles. The average molecular weight is 268 g/mol. The highest BCUT2D eigenvalue weighted by Gasteiger charge is 2.11. The Hall–Kier alpha value is -0.800. The average Bonchev–Trinajstić information content (AvgIpc) is 2.60. The van der Waals surface area contributed by atoms with Crippen molar-refractivity contribution < 1.29 is 4.42 Å². The summed E-state index contributed by atoms with van der Waals surface area (Å²) in [6.45, 7) is 4.15. The molecule has 1 atom stereocenters. The molecule has 0 spiro atoms. The largest absolute Gasteiger partial charge is 0.459 e. The van der Waals surface area contributed by atoms with E-state index >= 15 is 0 Å². The fourth-order valence-corrected chi connectivity index (χ4v) is 2.25. The van der Waals surface area contributed by atoms with Crippen molar-refractivity contribution in [2.24, 2.45) is 0 Å². The zero-order chi connectivity index (χ0) is 11.0. The molecule has 1 unspecified atom stereocenters. The lowest BCUT2D eigenvalue weighted by Gasteiger charge is -2.04. The van der Waals surface area contributed by atoms with Crippen molar-refractivity contribution in [2.75, 3.05) is 7.05 Å². The molecule has 2 nitrogen and oxygen atoms in total. The third-order valence-electron chi connectivity index (χ3n) is 2.65. The number of furan rings is 1. The number of hydrogen-bond acceptors (Lipinski definition) is 2. The van der Waals surface area contributed by atoms with E-state index in [9.17, 15) is 0 Å². The van der Waals surface area contributed by atoms with Crippen LogP contribution in [0.2, 0.25) is 0 Å². The van der Waals surface area contributed by atoms with Crippen LogP contribution in [-0.2, 0) is 0 Å². The second-order valence-corrected chi connectivity index (χ2v) is 4.72. The Morgan fingerprint density at radius 3 is 2.73 bits per heavy atom. The number of hydrogen-bond donors (Lipinski definition) is 1. The van der Waals surface area contributed by atoms with Gasteiger partial charge >= 0.3 is 0 Å². The highest BCUT2D eigenvalue weighted by molar-refractivity contribution is 9.10. The molecule has 0 amide bonds. The summed E-state index contributed by atoms with van der Waals surface area (Å²) in [6, 6.07) is 6.49. The lowest BCUT2D eigenvalue weighted by Crippen LogP contribution is -2.10. The minimum absolute atomic E-state index is 0.246. The minimum atomic E-state index is 0.246. The Morgan fingerprint density at radius 2 is 2.07 bits per heavy atom. The predicted octanol–water partition coefficient (Wildman–Crippen LogP) is 3.78. The number of benzene rings is 1. The lowest BCUT2D eigenvalue weighted by molar-refractivity contribution is 0.474. The zero-order valence-corrected chi connectivity index (χ0v) is 10.7. The molecular weight excluding hydrogens is 254 g/mol. The number of aryl methyl sites for hydroxylation is 1. The quantitative estimate of drug-likeness (QED) is 0.896. The van der Waals surface area contributed by atoms with Crippen LogP contribution in [0.4, 0.5) is 0 Å². The third kappa shape index (κ3) is 1.94. The summed E-state index contributed by atoms with van der Waals surface area (Å²) < 4.78 is 6.92. The fraction of sp³-hybridized carbons (Fsp3) is 0.333. The van der Waals surface area contributed by atoms with Crippen LogP contribution < -0.4 is 5.32 Å². The molecule has 1 heterocycles. The van der Waals surface area contributed by atoms with E-state index in [1.54, 1.807) is 0 Å². The first-order valence-corrected chi connectivity index (χ1v) is 5.78. The summed E-state index contributed by atoms with van der Waals surface area (Å²) in [5.74, 6) is 0.980. The molecule has 0 fully saturated rings. The van der Waals surface area contributed by atoms with Crippen molar-refractivity contribution in [3.8, 4) is 0 Å². The van der Waals surface area contributed by atoms with Gasteiger partial charge in [0.15, 0.2) is 0 Å². The number of fused-ring (bicyclic) bond motifs is 1. The van der Waals surface area contributed by atoms with E-state index in [-0.39, 0.29) is 6.04 Å². The van der Waals surface area contributed by atoms with Gasteiger partial charge in [0.25, 0.3) is 0 Å². The molecule has 80 valence electrons. The molecule has 2 aromatic rings. The second-order valence-electron chi connectivity index (χ2n) is 3.80. The smallest absolute Gasteiger partial charge is 0.137 e. The van der Waals surface area contributed by atoms with Crippen molar-refractivity contribution in [3.05, 3.63) is 34.0 Å². The molecule has 0 saturated carbocycles. The monoisotopic (exact) mass is 267 g/mol. The van der Waals surface area contributed by atoms with Gasteiger partial charge in [0.05, 0.1) is 6.04 Å². The number of rotatable bonds is 2. The maximum atomic E-state index is 5.82. The van der Waals surface area contributed by atoms with Gasteiger partial charge in [-0.15, -0.1) is 0 Å². The summed E-state index contributed by atoms with van der Waals surface area (Å²) in [7, 11) is 1.93. The normalized spacial score (nSPS) is 13.3. The van der Waals surface area contributed by atoms with Crippen LogP contribution in [0.15, 0.2) is 27.1 Å². The Balaban J connectivity index is 2.60. The van der Waals surface area contributed by atoms with Gasteiger partial charge in [-0.1, -0.05) is 15.9 Å². The van der Waals surface area contributed by atoms with Crippen LogP contribution in [0.1, 0.15) is 24.3 Å². The molecule has 0 aliphatic carbocycles. The van der Waals surface area contributed by atoms with Crippen LogP contribution in [0.5, 0.6) is 0 Å². The molecule has 0 bridgehead atoms. The van der Waals surface area contributed by atoms with Gasteiger partial charge in [-0.3, -0.25) is 0 Å². The molecule has 1 N–H and O–H groups in total. The Kier molecular flexibility index (Phi) is 2.85. The summed E-state index contributed by atoms with van der Waals surface area (Å²) in [5, 5.41) is 4.32. The minimum Gasteiger partial charge on any atom is -0.459 e. The summed E-state index contributed by atoms with van der Waals surface area (Å²) in [6.07, 6.45) is 0. The SMILES string of the molecule is CNC(C)c1cc2cc(Br)cc(C)c2o1.